The highest BCUT2D eigenvalue weighted by Gasteiger charge is 2.14. The average molecular weight is 226 g/mol. The number of phenolic OH excluding ortho intramolecular Hbond substituents is 1. The van der Waals surface area contributed by atoms with Crippen LogP contribution in [0, 0.1) is 0 Å². The number of aromatic hydroxyl groups is 1. The van der Waals surface area contributed by atoms with Crippen molar-refractivity contribution in [2.75, 3.05) is 20.8 Å². The fourth-order valence-corrected chi connectivity index (χ4v) is 1.47. The maximum absolute atomic E-state index is 9.71. The van der Waals surface area contributed by atoms with Crippen LogP contribution >= 0.6 is 0 Å². The number of hydrogen-bond donors (Lipinski definition) is 3. The van der Waals surface area contributed by atoms with E-state index in [1.165, 1.54) is 14.2 Å². The van der Waals surface area contributed by atoms with Gasteiger partial charge >= 0.3 is 0 Å². The molecule has 0 saturated heterocycles. The summed E-state index contributed by atoms with van der Waals surface area (Å²) in [7, 11) is 2.96. The van der Waals surface area contributed by atoms with Gasteiger partial charge in [-0.25, -0.2) is 0 Å². The minimum Gasteiger partial charge on any atom is -0.502 e. The molecule has 1 aromatic rings. The topological polar surface area (TPSA) is 90.7 Å². The monoisotopic (exact) mass is 226 g/mol. The first kappa shape index (κ1) is 12.6. The van der Waals surface area contributed by atoms with E-state index in [0.717, 1.165) is 5.56 Å². The van der Waals surface area contributed by atoms with E-state index in [1.54, 1.807) is 12.1 Å². The minimum atomic E-state index is -0.187. The number of phenols is 1. The van der Waals surface area contributed by atoms with Crippen LogP contribution in [0.2, 0.25) is 0 Å². The maximum atomic E-state index is 9.71. The van der Waals surface area contributed by atoms with E-state index >= 15 is 0 Å². The van der Waals surface area contributed by atoms with Crippen LogP contribution in [0.4, 0.5) is 0 Å². The van der Waals surface area contributed by atoms with E-state index in [2.05, 4.69) is 0 Å². The molecule has 0 radical (unpaired) electrons. The summed E-state index contributed by atoms with van der Waals surface area (Å²) in [4.78, 5) is 0. The Morgan fingerprint density at radius 1 is 1.25 bits per heavy atom. The Kier molecular flexibility index (Phi) is 4.39. The van der Waals surface area contributed by atoms with Gasteiger partial charge in [-0.2, -0.15) is 0 Å². The number of hydrogen-bond acceptors (Lipinski definition) is 5. The highest BCUT2D eigenvalue weighted by Crippen LogP contribution is 2.38. The van der Waals surface area contributed by atoms with Crippen LogP contribution in [0.3, 0.4) is 0 Å². The zero-order valence-electron chi connectivity index (χ0n) is 9.56. The Bertz CT molecular complexity index is 330. The van der Waals surface area contributed by atoms with Gasteiger partial charge in [0, 0.05) is 6.04 Å². The number of ether oxygens (including phenoxy) is 2. The summed E-state index contributed by atoms with van der Waals surface area (Å²) in [5, 5.41) is 9.71. The third-order valence-corrected chi connectivity index (χ3v) is 2.41. The quantitative estimate of drug-likeness (QED) is 0.689. The fraction of sp³-hybridized carbons (Fsp3) is 0.455. The Morgan fingerprint density at radius 2 is 1.75 bits per heavy atom. The lowest BCUT2D eigenvalue weighted by atomic mass is 10.0. The van der Waals surface area contributed by atoms with E-state index in [1.807, 2.05) is 0 Å². The zero-order chi connectivity index (χ0) is 12.1. The Balaban J connectivity index is 3.11. The van der Waals surface area contributed by atoms with E-state index in [0.29, 0.717) is 24.5 Å². The molecule has 0 bridgehead atoms. The lowest BCUT2D eigenvalue weighted by molar-refractivity contribution is 0.338. The average Bonchev–Trinajstić information content (AvgIpc) is 2.29. The standard InChI is InChI=1S/C11H18N2O3/c1-15-9-5-7(8(13)3-4-12)6-10(16-2)11(9)14/h5-6,8,14H,3-4,12-13H2,1-2H3/t8-/m0/s1. The first-order valence-corrected chi connectivity index (χ1v) is 5.04. The van der Waals surface area contributed by atoms with Crippen LogP contribution in [-0.2, 0) is 0 Å². The molecule has 5 heteroatoms. The summed E-state index contributed by atoms with van der Waals surface area (Å²) in [5.41, 5.74) is 12.2. The van der Waals surface area contributed by atoms with Gasteiger partial charge in [0.2, 0.25) is 5.75 Å². The molecule has 0 unspecified atom stereocenters. The maximum Gasteiger partial charge on any atom is 0.200 e. The van der Waals surface area contributed by atoms with Crippen molar-refractivity contribution in [3.63, 3.8) is 0 Å². The first-order valence-electron chi connectivity index (χ1n) is 5.04. The van der Waals surface area contributed by atoms with Crippen molar-refractivity contribution in [2.45, 2.75) is 12.5 Å². The molecule has 16 heavy (non-hydrogen) atoms. The molecule has 1 rings (SSSR count). The molecule has 0 aromatic heterocycles. The van der Waals surface area contributed by atoms with Crippen molar-refractivity contribution in [3.8, 4) is 17.2 Å². The van der Waals surface area contributed by atoms with Gasteiger partial charge in [-0.15, -0.1) is 0 Å². The second kappa shape index (κ2) is 5.58. The highest BCUT2D eigenvalue weighted by molar-refractivity contribution is 5.53. The molecule has 0 saturated carbocycles. The molecular formula is C11H18N2O3. The smallest absolute Gasteiger partial charge is 0.200 e. The first-order chi connectivity index (χ1) is 7.63. The molecule has 0 aliphatic heterocycles. The summed E-state index contributed by atoms with van der Waals surface area (Å²) in [6.45, 7) is 0.507. The van der Waals surface area contributed by atoms with E-state index < -0.39 is 0 Å². The number of benzene rings is 1. The summed E-state index contributed by atoms with van der Waals surface area (Å²) in [6.07, 6.45) is 0.664. The van der Waals surface area contributed by atoms with Crippen LogP contribution in [-0.4, -0.2) is 25.9 Å². The molecular weight excluding hydrogens is 208 g/mol. The molecule has 5 N–H and O–H groups in total. The second-order valence-electron chi connectivity index (χ2n) is 3.46. The molecule has 1 aromatic carbocycles. The molecule has 5 nitrogen and oxygen atoms in total. The minimum absolute atomic E-state index is 0.0197. The van der Waals surface area contributed by atoms with Crippen LogP contribution in [0.5, 0.6) is 17.2 Å². The van der Waals surface area contributed by atoms with E-state index in [9.17, 15) is 5.11 Å². The largest absolute Gasteiger partial charge is 0.502 e. The van der Waals surface area contributed by atoms with Gasteiger partial charge in [0.15, 0.2) is 11.5 Å². The summed E-state index contributed by atoms with van der Waals surface area (Å²) >= 11 is 0. The fourth-order valence-electron chi connectivity index (χ4n) is 1.47. The van der Waals surface area contributed by atoms with Gasteiger partial charge in [-0.1, -0.05) is 0 Å². The molecule has 1 atom stereocenters. The second-order valence-corrected chi connectivity index (χ2v) is 3.46. The molecule has 0 aliphatic rings. The zero-order valence-corrected chi connectivity index (χ0v) is 9.56. The lowest BCUT2D eigenvalue weighted by Crippen LogP contribution is -2.15. The van der Waals surface area contributed by atoms with Crippen LogP contribution < -0.4 is 20.9 Å². The molecule has 0 amide bonds. The van der Waals surface area contributed by atoms with Gasteiger partial charge in [-0.05, 0) is 30.7 Å². The molecule has 0 fully saturated rings. The third kappa shape index (κ3) is 2.56. The normalized spacial score (nSPS) is 12.2. The summed E-state index contributed by atoms with van der Waals surface area (Å²) in [5.74, 6) is 0.678. The molecule has 0 spiro atoms. The Morgan fingerprint density at radius 3 is 2.12 bits per heavy atom. The van der Waals surface area contributed by atoms with Gasteiger partial charge in [0.1, 0.15) is 0 Å². The third-order valence-electron chi connectivity index (χ3n) is 2.41. The number of rotatable bonds is 5. The van der Waals surface area contributed by atoms with Crippen LogP contribution in [0.15, 0.2) is 12.1 Å². The van der Waals surface area contributed by atoms with Crippen molar-refractivity contribution < 1.29 is 14.6 Å². The van der Waals surface area contributed by atoms with Gasteiger partial charge in [-0.3, -0.25) is 0 Å². The van der Waals surface area contributed by atoms with Gasteiger partial charge < -0.3 is 26.0 Å². The summed E-state index contributed by atoms with van der Waals surface area (Å²) in [6, 6.07) is 3.20. The van der Waals surface area contributed by atoms with E-state index in [4.69, 9.17) is 20.9 Å². The molecule has 0 heterocycles. The van der Waals surface area contributed by atoms with Crippen molar-refractivity contribution in [1.29, 1.82) is 0 Å². The molecule has 0 aliphatic carbocycles. The lowest BCUT2D eigenvalue weighted by Gasteiger charge is -2.15. The Hall–Kier alpha value is -1.46. The highest BCUT2D eigenvalue weighted by atomic mass is 16.5. The predicted molar refractivity (Wildman–Crippen MR) is 61.8 cm³/mol. The number of nitrogens with two attached hydrogens (primary N) is 2. The van der Waals surface area contributed by atoms with E-state index in [-0.39, 0.29) is 11.8 Å². The predicted octanol–water partition coefficient (Wildman–Crippen LogP) is 0.758. The van der Waals surface area contributed by atoms with Gasteiger partial charge in [0.25, 0.3) is 0 Å². The van der Waals surface area contributed by atoms with Gasteiger partial charge in [0.05, 0.1) is 14.2 Å². The van der Waals surface area contributed by atoms with Crippen molar-refractivity contribution in [2.24, 2.45) is 11.5 Å². The summed E-state index contributed by atoms with van der Waals surface area (Å²) < 4.78 is 10.1. The van der Waals surface area contributed by atoms with Crippen LogP contribution in [0.1, 0.15) is 18.0 Å². The van der Waals surface area contributed by atoms with Crippen LogP contribution in [0.25, 0.3) is 0 Å². The number of methoxy groups -OCH3 is 2. The van der Waals surface area contributed by atoms with Crippen molar-refractivity contribution >= 4 is 0 Å². The Labute approximate surface area is 95.0 Å². The molecule has 90 valence electrons. The van der Waals surface area contributed by atoms with Crippen molar-refractivity contribution in [1.82, 2.24) is 0 Å². The van der Waals surface area contributed by atoms with Crippen molar-refractivity contribution in [3.05, 3.63) is 17.7 Å². The SMILES string of the molecule is COc1cc([C@@H](N)CCN)cc(OC)c1O.